The van der Waals surface area contributed by atoms with Gasteiger partial charge in [0.15, 0.2) is 0 Å². The number of benzene rings is 1. The quantitative estimate of drug-likeness (QED) is 0.694. The molecule has 0 unspecified atom stereocenters. The molecule has 0 spiro atoms. The van der Waals surface area contributed by atoms with Crippen molar-refractivity contribution in [3.63, 3.8) is 0 Å². The second-order valence-electron chi connectivity index (χ2n) is 5.66. The third-order valence-electron chi connectivity index (χ3n) is 4.57. The molecular formula is C15H21N. The number of piperidine rings is 1. The van der Waals surface area contributed by atoms with Crippen molar-refractivity contribution in [3.8, 4) is 0 Å². The van der Waals surface area contributed by atoms with Gasteiger partial charge in [-0.15, -0.1) is 0 Å². The first-order valence-corrected chi connectivity index (χ1v) is 6.56. The van der Waals surface area contributed by atoms with Gasteiger partial charge in [0.05, 0.1) is 0 Å². The number of likely N-dealkylation sites (tertiary alicyclic amines) is 1. The van der Waals surface area contributed by atoms with Crippen molar-refractivity contribution in [2.24, 2.45) is 5.41 Å². The average molecular weight is 215 g/mol. The lowest BCUT2D eigenvalue weighted by Crippen LogP contribution is -2.42. The predicted molar refractivity (Wildman–Crippen MR) is 67.5 cm³/mol. The molecule has 1 heteroatoms. The fourth-order valence-electron chi connectivity index (χ4n) is 3.89. The van der Waals surface area contributed by atoms with Crippen molar-refractivity contribution in [2.45, 2.75) is 39.2 Å². The van der Waals surface area contributed by atoms with E-state index in [-0.39, 0.29) is 0 Å². The fourth-order valence-corrected chi connectivity index (χ4v) is 3.89. The van der Waals surface area contributed by atoms with E-state index in [0.29, 0.717) is 11.5 Å². The molecule has 3 rings (SSSR count). The molecule has 1 aliphatic heterocycles. The van der Waals surface area contributed by atoms with E-state index in [0.717, 1.165) is 0 Å². The summed E-state index contributed by atoms with van der Waals surface area (Å²) in [6, 6.07) is 9.75. The Hall–Kier alpha value is -0.820. The van der Waals surface area contributed by atoms with Crippen molar-refractivity contribution >= 4 is 0 Å². The molecule has 1 heterocycles. The van der Waals surface area contributed by atoms with Crippen LogP contribution < -0.4 is 0 Å². The molecule has 86 valence electrons. The fraction of sp³-hybridized carbons (Fsp3) is 0.600. The smallest absolute Gasteiger partial charge is 0.0407 e. The zero-order valence-electron chi connectivity index (χ0n) is 10.4. The summed E-state index contributed by atoms with van der Waals surface area (Å²) in [6.07, 6.45) is 4.04. The predicted octanol–water partition coefficient (Wildman–Crippen LogP) is 3.41. The van der Waals surface area contributed by atoms with Crippen LogP contribution in [0.5, 0.6) is 0 Å². The molecule has 0 amide bonds. The monoisotopic (exact) mass is 215 g/mol. The largest absolute Gasteiger partial charge is 0.296 e. The molecule has 0 saturated carbocycles. The van der Waals surface area contributed by atoms with Crippen molar-refractivity contribution < 1.29 is 0 Å². The Balaban J connectivity index is 2.06. The highest BCUT2D eigenvalue weighted by Gasteiger charge is 2.46. The Kier molecular flexibility index (Phi) is 2.32. The Labute approximate surface area is 98.5 Å². The molecular weight excluding hydrogens is 194 g/mol. The normalized spacial score (nSPS) is 33.5. The van der Waals surface area contributed by atoms with Crippen LogP contribution in [0.3, 0.4) is 0 Å². The van der Waals surface area contributed by atoms with Crippen LogP contribution in [0.1, 0.15) is 43.9 Å². The summed E-state index contributed by atoms with van der Waals surface area (Å²) in [6.45, 7) is 7.26. The lowest BCUT2D eigenvalue weighted by Gasteiger charge is -2.44. The van der Waals surface area contributed by atoms with Crippen LogP contribution in [0, 0.1) is 5.41 Å². The van der Waals surface area contributed by atoms with Gasteiger partial charge >= 0.3 is 0 Å². The zero-order valence-corrected chi connectivity index (χ0v) is 10.4. The summed E-state index contributed by atoms with van der Waals surface area (Å²) in [4.78, 5) is 2.68. The molecule has 1 aromatic carbocycles. The molecule has 0 aromatic heterocycles. The van der Waals surface area contributed by atoms with Gasteiger partial charge in [-0.2, -0.15) is 0 Å². The summed E-state index contributed by atoms with van der Waals surface area (Å²) in [5.41, 5.74) is 3.69. The minimum atomic E-state index is 0.498. The SMILES string of the molecule is CCN1CCC[C@]2(C)Cc3ccccc3[C@H]12. The van der Waals surface area contributed by atoms with Crippen LogP contribution in [0.2, 0.25) is 0 Å². The van der Waals surface area contributed by atoms with E-state index in [1.807, 2.05) is 0 Å². The maximum Gasteiger partial charge on any atom is 0.0407 e. The standard InChI is InChI=1S/C15H21N/c1-3-16-10-6-9-15(2)11-12-7-4-5-8-13(12)14(15)16/h4-5,7-8,14H,3,6,9-11H2,1-2H3/t14-,15+/m0/s1. The molecule has 1 aromatic rings. The summed E-state index contributed by atoms with van der Waals surface area (Å²) < 4.78 is 0. The Morgan fingerprint density at radius 1 is 1.38 bits per heavy atom. The molecule has 1 fully saturated rings. The summed E-state index contributed by atoms with van der Waals surface area (Å²) in [7, 11) is 0. The van der Waals surface area contributed by atoms with Crippen LogP contribution in [-0.4, -0.2) is 18.0 Å². The average Bonchev–Trinajstić information content (AvgIpc) is 2.60. The molecule has 2 aliphatic rings. The van der Waals surface area contributed by atoms with E-state index >= 15 is 0 Å². The minimum Gasteiger partial charge on any atom is -0.296 e. The zero-order chi connectivity index (χ0) is 11.2. The number of rotatable bonds is 1. The summed E-state index contributed by atoms with van der Waals surface area (Å²) in [5.74, 6) is 0. The van der Waals surface area contributed by atoms with Gasteiger partial charge in [-0.05, 0) is 48.9 Å². The number of hydrogen-bond donors (Lipinski definition) is 0. The van der Waals surface area contributed by atoms with Gasteiger partial charge in [-0.3, -0.25) is 4.90 Å². The maximum absolute atomic E-state index is 2.68. The third-order valence-corrected chi connectivity index (χ3v) is 4.57. The van der Waals surface area contributed by atoms with E-state index in [1.165, 1.54) is 32.4 Å². The molecule has 16 heavy (non-hydrogen) atoms. The topological polar surface area (TPSA) is 3.24 Å². The van der Waals surface area contributed by atoms with Gasteiger partial charge in [-0.25, -0.2) is 0 Å². The van der Waals surface area contributed by atoms with Gasteiger partial charge in [0.2, 0.25) is 0 Å². The number of fused-ring (bicyclic) bond motifs is 3. The minimum absolute atomic E-state index is 0.498. The number of hydrogen-bond acceptors (Lipinski definition) is 1. The molecule has 2 atom stereocenters. The molecule has 1 saturated heterocycles. The van der Waals surface area contributed by atoms with Crippen molar-refractivity contribution in [1.82, 2.24) is 4.90 Å². The highest BCUT2D eigenvalue weighted by atomic mass is 15.2. The first-order chi connectivity index (χ1) is 7.74. The van der Waals surface area contributed by atoms with Crippen molar-refractivity contribution in [2.75, 3.05) is 13.1 Å². The van der Waals surface area contributed by atoms with Gasteiger partial charge in [0.25, 0.3) is 0 Å². The Bertz CT molecular complexity index is 398. The Morgan fingerprint density at radius 3 is 3.00 bits per heavy atom. The van der Waals surface area contributed by atoms with Crippen LogP contribution in [0.4, 0.5) is 0 Å². The third kappa shape index (κ3) is 1.34. The van der Waals surface area contributed by atoms with Crippen LogP contribution in [0.25, 0.3) is 0 Å². The Morgan fingerprint density at radius 2 is 2.19 bits per heavy atom. The highest BCUT2D eigenvalue weighted by molar-refractivity contribution is 5.38. The van der Waals surface area contributed by atoms with E-state index < -0.39 is 0 Å². The maximum atomic E-state index is 2.68. The van der Waals surface area contributed by atoms with E-state index in [9.17, 15) is 0 Å². The van der Waals surface area contributed by atoms with Crippen LogP contribution >= 0.6 is 0 Å². The van der Waals surface area contributed by atoms with Crippen molar-refractivity contribution in [1.29, 1.82) is 0 Å². The second-order valence-corrected chi connectivity index (χ2v) is 5.66. The molecule has 0 bridgehead atoms. The summed E-state index contributed by atoms with van der Waals surface area (Å²) >= 11 is 0. The van der Waals surface area contributed by atoms with Crippen LogP contribution in [-0.2, 0) is 6.42 Å². The van der Waals surface area contributed by atoms with Gasteiger partial charge < -0.3 is 0 Å². The van der Waals surface area contributed by atoms with Gasteiger partial charge in [0.1, 0.15) is 0 Å². The van der Waals surface area contributed by atoms with E-state index in [1.54, 1.807) is 11.1 Å². The molecule has 0 radical (unpaired) electrons. The molecule has 1 nitrogen and oxygen atoms in total. The van der Waals surface area contributed by atoms with E-state index in [4.69, 9.17) is 0 Å². The first kappa shape index (κ1) is 10.3. The van der Waals surface area contributed by atoms with Gasteiger partial charge in [0, 0.05) is 6.04 Å². The van der Waals surface area contributed by atoms with Crippen molar-refractivity contribution in [3.05, 3.63) is 35.4 Å². The first-order valence-electron chi connectivity index (χ1n) is 6.56. The lowest BCUT2D eigenvalue weighted by molar-refractivity contribution is 0.0421. The summed E-state index contributed by atoms with van der Waals surface area (Å²) in [5, 5.41) is 0. The highest BCUT2D eigenvalue weighted by Crippen LogP contribution is 2.53. The van der Waals surface area contributed by atoms with Crippen LogP contribution in [0.15, 0.2) is 24.3 Å². The molecule has 1 aliphatic carbocycles. The number of nitrogens with zero attached hydrogens (tertiary/aromatic N) is 1. The van der Waals surface area contributed by atoms with E-state index in [2.05, 4.69) is 43.0 Å². The lowest BCUT2D eigenvalue weighted by atomic mass is 9.75. The van der Waals surface area contributed by atoms with Gasteiger partial charge in [-0.1, -0.05) is 38.1 Å². The molecule has 0 N–H and O–H groups in total. The second kappa shape index (κ2) is 3.59.